The van der Waals surface area contributed by atoms with E-state index in [1.807, 2.05) is 4.57 Å². The Labute approximate surface area is 131 Å². The van der Waals surface area contributed by atoms with Crippen molar-refractivity contribution in [1.82, 2.24) is 9.47 Å². The van der Waals surface area contributed by atoms with Crippen LogP contribution in [0.15, 0.2) is 17.1 Å². The third kappa shape index (κ3) is 3.70. The number of ether oxygens (including phenoxy) is 1. The molecule has 0 amide bonds. The second-order valence-corrected chi connectivity index (χ2v) is 6.76. The summed E-state index contributed by atoms with van der Waals surface area (Å²) < 4.78 is 7.70. The van der Waals surface area contributed by atoms with Crippen molar-refractivity contribution in [2.45, 2.75) is 51.8 Å². The van der Waals surface area contributed by atoms with Gasteiger partial charge in [-0.1, -0.05) is 6.92 Å². The van der Waals surface area contributed by atoms with E-state index in [4.69, 9.17) is 4.74 Å². The van der Waals surface area contributed by atoms with Crippen LogP contribution in [0.25, 0.3) is 0 Å². The molecule has 1 aromatic rings. The molecule has 1 N–H and O–H groups in total. The Bertz CT molecular complexity index is 556. The lowest BCUT2D eigenvalue weighted by Crippen LogP contribution is -2.34. The summed E-state index contributed by atoms with van der Waals surface area (Å²) in [5.41, 5.74) is 0.692. The minimum atomic E-state index is -0.288. The Balaban J connectivity index is 1.75. The molecule has 1 unspecified atom stereocenters. The summed E-state index contributed by atoms with van der Waals surface area (Å²) in [6.07, 6.45) is 6.35. The quantitative estimate of drug-likeness (QED) is 0.924. The molecule has 2 fully saturated rings. The number of hydrogen-bond acceptors (Lipinski definition) is 4. The van der Waals surface area contributed by atoms with Crippen LogP contribution in [0.2, 0.25) is 0 Å². The van der Waals surface area contributed by atoms with Gasteiger partial charge in [0.25, 0.3) is 0 Å². The number of likely N-dealkylation sites (tertiary alicyclic amines) is 1. The van der Waals surface area contributed by atoms with Crippen LogP contribution in [-0.4, -0.2) is 40.4 Å². The maximum atomic E-state index is 11.8. The number of pyridine rings is 1. The van der Waals surface area contributed by atoms with Gasteiger partial charge in [-0.15, -0.1) is 0 Å². The van der Waals surface area contributed by atoms with E-state index in [-0.39, 0.29) is 17.3 Å². The van der Waals surface area contributed by atoms with Crippen LogP contribution in [-0.2, 0) is 17.8 Å². The summed E-state index contributed by atoms with van der Waals surface area (Å²) in [6.45, 7) is 6.76. The normalized spacial score (nSPS) is 24.0. The van der Waals surface area contributed by atoms with Crippen molar-refractivity contribution in [3.8, 4) is 5.75 Å². The minimum Gasteiger partial charge on any atom is -0.503 e. The number of rotatable bonds is 4. The molecule has 122 valence electrons. The first kappa shape index (κ1) is 15.6. The molecule has 3 heterocycles. The molecular formula is C17H26N2O3. The summed E-state index contributed by atoms with van der Waals surface area (Å²) in [6, 6.07) is 1.59. The Kier molecular flexibility index (Phi) is 4.84. The lowest BCUT2D eigenvalue weighted by Gasteiger charge is -2.31. The predicted octanol–water partition coefficient (Wildman–Crippen LogP) is 1.96. The van der Waals surface area contributed by atoms with Gasteiger partial charge >= 0.3 is 0 Å². The third-order valence-corrected chi connectivity index (χ3v) is 4.88. The summed E-state index contributed by atoms with van der Waals surface area (Å²) >= 11 is 0. The topological polar surface area (TPSA) is 54.7 Å². The molecular weight excluding hydrogens is 280 g/mol. The van der Waals surface area contributed by atoms with Crippen LogP contribution >= 0.6 is 0 Å². The highest BCUT2D eigenvalue weighted by Gasteiger charge is 2.20. The van der Waals surface area contributed by atoms with E-state index in [1.165, 1.54) is 12.8 Å². The zero-order valence-corrected chi connectivity index (χ0v) is 13.3. The molecule has 0 aromatic carbocycles. The average molecular weight is 306 g/mol. The molecule has 0 bridgehead atoms. The Morgan fingerprint density at radius 2 is 2.09 bits per heavy atom. The van der Waals surface area contributed by atoms with Crippen LogP contribution < -0.4 is 5.43 Å². The fourth-order valence-electron chi connectivity index (χ4n) is 3.37. The molecule has 2 aliphatic rings. The fourth-order valence-corrected chi connectivity index (χ4v) is 3.37. The van der Waals surface area contributed by atoms with Crippen molar-refractivity contribution in [2.24, 2.45) is 5.92 Å². The van der Waals surface area contributed by atoms with E-state index in [0.717, 1.165) is 50.7 Å². The lowest BCUT2D eigenvalue weighted by molar-refractivity contribution is 0.0946. The van der Waals surface area contributed by atoms with Crippen LogP contribution in [0.4, 0.5) is 0 Å². The molecule has 0 aliphatic carbocycles. The molecule has 22 heavy (non-hydrogen) atoms. The van der Waals surface area contributed by atoms with Crippen molar-refractivity contribution in [1.29, 1.82) is 0 Å². The molecule has 1 aromatic heterocycles. The van der Waals surface area contributed by atoms with Gasteiger partial charge in [-0.25, -0.2) is 0 Å². The van der Waals surface area contributed by atoms with Crippen LogP contribution in [0.1, 0.15) is 38.3 Å². The summed E-state index contributed by atoms with van der Waals surface area (Å²) in [5.74, 6) is 0.624. The van der Waals surface area contributed by atoms with Crippen molar-refractivity contribution >= 4 is 0 Å². The molecule has 0 saturated carbocycles. The number of aromatic nitrogens is 1. The lowest BCUT2D eigenvalue weighted by atomic mass is 9.99. The second kappa shape index (κ2) is 6.84. The standard InChI is InChI=1S/C17H26N2O3/c1-13-4-6-18(7-5-13)10-14-9-16(20)17(21)12-19(14)11-15-3-2-8-22-15/h9,12-13,15,21H,2-8,10-11H2,1H3. The Morgan fingerprint density at radius 3 is 2.77 bits per heavy atom. The van der Waals surface area contributed by atoms with E-state index < -0.39 is 0 Å². The van der Waals surface area contributed by atoms with Crippen LogP contribution in [0.3, 0.4) is 0 Å². The third-order valence-electron chi connectivity index (χ3n) is 4.88. The summed E-state index contributed by atoms with van der Waals surface area (Å²) in [7, 11) is 0. The molecule has 2 aliphatic heterocycles. The highest BCUT2D eigenvalue weighted by Crippen LogP contribution is 2.20. The SMILES string of the molecule is CC1CCN(Cc2cc(=O)c(O)cn2CC2CCCO2)CC1. The van der Waals surface area contributed by atoms with E-state index in [0.29, 0.717) is 6.54 Å². The first-order valence-electron chi connectivity index (χ1n) is 8.38. The first-order chi connectivity index (χ1) is 10.6. The summed E-state index contributed by atoms with van der Waals surface area (Å²) in [4.78, 5) is 14.2. The molecule has 5 nitrogen and oxygen atoms in total. The van der Waals surface area contributed by atoms with E-state index >= 15 is 0 Å². The summed E-state index contributed by atoms with van der Waals surface area (Å²) in [5, 5.41) is 9.75. The molecule has 1 atom stereocenters. The highest BCUT2D eigenvalue weighted by atomic mass is 16.5. The Hall–Kier alpha value is -1.33. The number of aromatic hydroxyl groups is 1. The first-order valence-corrected chi connectivity index (χ1v) is 8.38. The Morgan fingerprint density at radius 1 is 1.32 bits per heavy atom. The van der Waals surface area contributed by atoms with Gasteiger partial charge in [-0.3, -0.25) is 9.69 Å². The van der Waals surface area contributed by atoms with Crippen molar-refractivity contribution in [3.05, 3.63) is 28.2 Å². The monoisotopic (exact) mass is 306 g/mol. The average Bonchev–Trinajstić information content (AvgIpc) is 2.99. The number of piperidine rings is 1. The predicted molar refractivity (Wildman–Crippen MR) is 85.0 cm³/mol. The molecule has 3 rings (SSSR count). The smallest absolute Gasteiger partial charge is 0.223 e. The second-order valence-electron chi connectivity index (χ2n) is 6.76. The van der Waals surface area contributed by atoms with Crippen molar-refractivity contribution in [2.75, 3.05) is 19.7 Å². The highest BCUT2D eigenvalue weighted by molar-refractivity contribution is 5.20. The van der Waals surface area contributed by atoms with Gasteiger partial charge in [-0.2, -0.15) is 0 Å². The molecule has 0 spiro atoms. The largest absolute Gasteiger partial charge is 0.503 e. The zero-order valence-electron chi connectivity index (χ0n) is 13.3. The zero-order chi connectivity index (χ0) is 15.5. The van der Waals surface area contributed by atoms with Gasteiger partial charge in [0, 0.05) is 31.5 Å². The van der Waals surface area contributed by atoms with Crippen LogP contribution in [0.5, 0.6) is 5.75 Å². The number of nitrogens with zero attached hydrogens (tertiary/aromatic N) is 2. The van der Waals surface area contributed by atoms with Gasteiger partial charge in [0.05, 0.1) is 12.3 Å². The minimum absolute atomic E-state index is 0.172. The van der Waals surface area contributed by atoms with Gasteiger partial charge in [0.15, 0.2) is 5.75 Å². The van der Waals surface area contributed by atoms with Gasteiger partial charge in [-0.05, 0) is 44.7 Å². The van der Waals surface area contributed by atoms with Crippen molar-refractivity contribution < 1.29 is 9.84 Å². The van der Waals surface area contributed by atoms with Gasteiger partial charge in [0.1, 0.15) is 0 Å². The molecule has 2 saturated heterocycles. The van der Waals surface area contributed by atoms with Crippen molar-refractivity contribution in [3.63, 3.8) is 0 Å². The van der Waals surface area contributed by atoms with E-state index in [1.54, 1.807) is 12.3 Å². The molecule has 0 radical (unpaired) electrons. The van der Waals surface area contributed by atoms with E-state index in [9.17, 15) is 9.90 Å². The van der Waals surface area contributed by atoms with Gasteiger partial charge < -0.3 is 14.4 Å². The van der Waals surface area contributed by atoms with E-state index in [2.05, 4.69) is 11.8 Å². The maximum Gasteiger partial charge on any atom is 0.223 e. The maximum absolute atomic E-state index is 11.8. The number of hydrogen-bond donors (Lipinski definition) is 1. The van der Waals surface area contributed by atoms with Gasteiger partial charge in [0.2, 0.25) is 5.43 Å². The molecule has 5 heteroatoms. The van der Waals surface area contributed by atoms with Crippen LogP contribution in [0, 0.1) is 5.92 Å². The fraction of sp³-hybridized carbons (Fsp3) is 0.706.